The highest BCUT2D eigenvalue weighted by molar-refractivity contribution is 8.93. The first kappa shape index (κ1) is 27.4. The largest absolute Gasteiger partial charge is 0.507 e. The number of phenolic OH excluding ortho intramolecular Hbond substituents is 1. The lowest BCUT2D eigenvalue weighted by atomic mass is 9.78. The van der Waals surface area contributed by atoms with Crippen molar-refractivity contribution >= 4 is 39.7 Å². The van der Waals surface area contributed by atoms with Gasteiger partial charge in [0.05, 0.1) is 17.6 Å². The van der Waals surface area contributed by atoms with Gasteiger partial charge in [0.15, 0.2) is 5.78 Å². The molecular weight excluding hydrogens is 496 g/mol. The van der Waals surface area contributed by atoms with Crippen LogP contribution in [0.5, 0.6) is 5.75 Å². The van der Waals surface area contributed by atoms with Gasteiger partial charge in [-0.3, -0.25) is 15.0 Å². The zero-order valence-corrected chi connectivity index (χ0v) is 22.4. The van der Waals surface area contributed by atoms with E-state index in [1.54, 1.807) is 21.3 Å². The first-order valence-corrected chi connectivity index (χ1v) is 11.1. The molecule has 7 nitrogen and oxygen atoms in total. The van der Waals surface area contributed by atoms with E-state index in [-0.39, 0.29) is 64.5 Å². The molecule has 0 unspecified atom stereocenters. The number of aromatic hydroxyl groups is 1. The van der Waals surface area contributed by atoms with Gasteiger partial charge < -0.3 is 20.0 Å². The number of rotatable bonds is 6. The van der Waals surface area contributed by atoms with Gasteiger partial charge in [0.2, 0.25) is 11.5 Å². The molecule has 0 atom stereocenters. The molecule has 0 aliphatic heterocycles. The van der Waals surface area contributed by atoms with E-state index in [9.17, 15) is 14.7 Å². The molecule has 1 amide bonds. The van der Waals surface area contributed by atoms with Crippen LogP contribution in [0.3, 0.4) is 0 Å². The van der Waals surface area contributed by atoms with Crippen LogP contribution in [0.4, 0.5) is 0 Å². The Balaban J connectivity index is 0.00000408. The van der Waals surface area contributed by atoms with Crippen LogP contribution in [0.2, 0.25) is 0 Å². The fourth-order valence-electron chi connectivity index (χ4n) is 4.08. The number of nitrogens with one attached hydrogen (secondary N) is 1. The zero-order valence-electron chi connectivity index (χ0n) is 20.7. The minimum atomic E-state index is -0.441. The van der Waals surface area contributed by atoms with E-state index < -0.39 is 5.91 Å². The molecule has 2 aromatic carbocycles. The van der Waals surface area contributed by atoms with E-state index >= 15 is 0 Å². The van der Waals surface area contributed by atoms with E-state index in [1.165, 1.54) is 0 Å². The molecule has 8 heteroatoms. The monoisotopic (exact) mass is 530 g/mol. The third kappa shape index (κ3) is 5.43. The topological polar surface area (TPSA) is 114 Å². The fourth-order valence-corrected chi connectivity index (χ4v) is 4.08. The summed E-state index contributed by atoms with van der Waals surface area (Å²) in [5.41, 5.74) is 8.21. The van der Waals surface area contributed by atoms with E-state index in [0.29, 0.717) is 5.56 Å². The maximum Gasteiger partial charge on any atom is 0.219 e. The lowest BCUT2D eigenvalue weighted by molar-refractivity contribution is -0.118. The van der Waals surface area contributed by atoms with Crippen molar-refractivity contribution < 1.29 is 14.7 Å². The molecule has 3 rings (SSSR count). The SMILES string of the molecule is Br.CC(C)(C)c1cc(C(=O)Cn2c(=N)n(CCC(N)=O)c3ccccc32)cc(C(C)(C)C)c1O. The highest BCUT2D eigenvalue weighted by Gasteiger charge is 2.28. The first-order chi connectivity index (χ1) is 15.2. The molecule has 4 N–H and O–H groups in total. The number of hydrogen-bond donors (Lipinski definition) is 3. The molecule has 0 fully saturated rings. The van der Waals surface area contributed by atoms with Gasteiger partial charge >= 0.3 is 0 Å². The Kier molecular flexibility index (Phi) is 7.87. The second-order valence-electron chi connectivity index (χ2n) is 10.6. The van der Waals surface area contributed by atoms with Gasteiger partial charge in [-0.25, -0.2) is 0 Å². The number of benzene rings is 2. The number of hydrogen-bond acceptors (Lipinski definition) is 4. The summed E-state index contributed by atoms with van der Waals surface area (Å²) in [6.07, 6.45) is 0.111. The predicted molar refractivity (Wildman–Crippen MR) is 140 cm³/mol. The number of carbonyl (C=O) groups excluding carboxylic acids is 2. The van der Waals surface area contributed by atoms with Gasteiger partial charge in [-0.1, -0.05) is 53.7 Å². The smallest absolute Gasteiger partial charge is 0.219 e. The Morgan fingerprint density at radius 1 is 0.941 bits per heavy atom. The lowest BCUT2D eigenvalue weighted by Crippen LogP contribution is -2.29. The third-order valence-electron chi connectivity index (χ3n) is 5.91. The summed E-state index contributed by atoms with van der Waals surface area (Å²) in [6.45, 7) is 12.3. The lowest BCUT2D eigenvalue weighted by Gasteiger charge is -2.28. The Morgan fingerprint density at radius 2 is 1.41 bits per heavy atom. The molecule has 0 saturated carbocycles. The summed E-state index contributed by atoms with van der Waals surface area (Å²) in [5, 5.41) is 19.6. The summed E-state index contributed by atoms with van der Waals surface area (Å²) in [4.78, 5) is 24.8. The van der Waals surface area contributed by atoms with E-state index in [4.69, 9.17) is 11.1 Å². The Hall–Kier alpha value is -2.87. The standard InChI is InChI=1S/C26H34N4O3.BrH/c1-25(2,3)17-13-16(14-18(23(17)33)26(4,5)6)21(31)15-30-20-10-8-7-9-19(20)29(24(30)28)12-11-22(27)32;/h7-10,13-14,28,33H,11-12,15H2,1-6H3,(H2,27,32);1H. The molecule has 34 heavy (non-hydrogen) atoms. The number of aromatic nitrogens is 2. The number of phenols is 1. The number of nitrogens with two attached hydrogens (primary N) is 1. The number of para-hydroxylation sites is 2. The van der Waals surface area contributed by atoms with Crippen molar-refractivity contribution in [1.82, 2.24) is 9.13 Å². The number of amides is 1. The normalized spacial score (nSPS) is 11.9. The second kappa shape index (κ2) is 9.78. The number of primary amides is 1. The Labute approximate surface area is 210 Å². The fraction of sp³-hybridized carbons (Fsp3) is 0.423. The van der Waals surface area contributed by atoms with Crippen molar-refractivity contribution in [2.24, 2.45) is 5.73 Å². The van der Waals surface area contributed by atoms with Crippen LogP contribution >= 0.6 is 17.0 Å². The van der Waals surface area contributed by atoms with E-state index in [0.717, 1.165) is 22.2 Å². The number of imidazole rings is 1. The van der Waals surface area contributed by atoms with Crippen molar-refractivity contribution in [3.05, 3.63) is 58.7 Å². The summed E-state index contributed by atoms with van der Waals surface area (Å²) in [6, 6.07) is 11.0. The van der Waals surface area contributed by atoms with Crippen LogP contribution in [0.15, 0.2) is 36.4 Å². The third-order valence-corrected chi connectivity index (χ3v) is 5.91. The molecule has 0 bridgehead atoms. The molecule has 1 heterocycles. The minimum absolute atomic E-state index is 0. The number of aryl methyl sites for hydroxylation is 1. The van der Waals surface area contributed by atoms with Crippen LogP contribution in [-0.2, 0) is 28.7 Å². The summed E-state index contributed by atoms with van der Waals surface area (Å²) in [7, 11) is 0. The molecule has 1 aromatic heterocycles. The number of halogens is 1. The molecule has 0 spiro atoms. The number of carbonyl (C=O) groups is 2. The molecule has 0 radical (unpaired) electrons. The van der Waals surface area contributed by atoms with Gasteiger partial charge in [0, 0.05) is 29.7 Å². The van der Waals surface area contributed by atoms with Crippen molar-refractivity contribution in [2.45, 2.75) is 71.9 Å². The molecule has 3 aromatic rings. The Morgan fingerprint density at radius 3 is 1.85 bits per heavy atom. The maximum absolute atomic E-state index is 13.5. The molecule has 184 valence electrons. The summed E-state index contributed by atoms with van der Waals surface area (Å²) >= 11 is 0. The highest BCUT2D eigenvalue weighted by Crippen LogP contribution is 2.40. The number of fused-ring (bicyclic) bond motifs is 1. The number of ketones is 1. The van der Waals surface area contributed by atoms with Crippen molar-refractivity contribution in [3.8, 4) is 5.75 Å². The minimum Gasteiger partial charge on any atom is -0.507 e. The summed E-state index contributed by atoms with van der Waals surface area (Å²) < 4.78 is 3.35. The van der Waals surface area contributed by atoms with Crippen LogP contribution in [0.25, 0.3) is 11.0 Å². The van der Waals surface area contributed by atoms with Crippen molar-refractivity contribution in [2.75, 3.05) is 0 Å². The Bertz CT molecular complexity index is 1260. The van der Waals surface area contributed by atoms with Gasteiger partial charge in [0.1, 0.15) is 5.75 Å². The zero-order chi connectivity index (χ0) is 24.7. The van der Waals surface area contributed by atoms with Crippen LogP contribution in [0.1, 0.15) is 69.4 Å². The second-order valence-corrected chi connectivity index (χ2v) is 10.6. The van der Waals surface area contributed by atoms with Gasteiger partial charge in [-0.2, -0.15) is 0 Å². The maximum atomic E-state index is 13.5. The summed E-state index contributed by atoms with van der Waals surface area (Å²) in [5.74, 6) is -0.367. The van der Waals surface area contributed by atoms with Gasteiger partial charge in [-0.15, -0.1) is 17.0 Å². The molecule has 0 saturated heterocycles. The number of Topliss-reactive ketones (excluding diaryl/α,β-unsaturated/α-hetero) is 1. The van der Waals surface area contributed by atoms with Gasteiger partial charge in [0.25, 0.3) is 0 Å². The quantitative estimate of drug-likeness (QED) is 0.405. The van der Waals surface area contributed by atoms with Crippen LogP contribution in [-0.4, -0.2) is 25.9 Å². The number of nitrogens with zero attached hydrogens (tertiary/aromatic N) is 2. The molecule has 0 aliphatic carbocycles. The average Bonchev–Trinajstić information content (AvgIpc) is 2.96. The first-order valence-electron chi connectivity index (χ1n) is 11.1. The van der Waals surface area contributed by atoms with E-state index in [1.807, 2.05) is 65.8 Å². The highest BCUT2D eigenvalue weighted by atomic mass is 79.9. The molecule has 0 aliphatic rings. The van der Waals surface area contributed by atoms with E-state index in [2.05, 4.69) is 0 Å². The predicted octanol–water partition coefficient (Wildman–Crippen LogP) is 4.56. The molecular formula is C26H35BrN4O3. The van der Waals surface area contributed by atoms with Crippen LogP contribution in [0, 0.1) is 5.41 Å². The van der Waals surface area contributed by atoms with Crippen molar-refractivity contribution in [1.29, 1.82) is 5.41 Å². The van der Waals surface area contributed by atoms with Crippen LogP contribution < -0.4 is 11.4 Å². The average molecular weight is 531 g/mol. The van der Waals surface area contributed by atoms with Crippen molar-refractivity contribution in [3.63, 3.8) is 0 Å². The van der Waals surface area contributed by atoms with Gasteiger partial charge in [-0.05, 0) is 35.1 Å².